The molecule has 0 aliphatic rings. The summed E-state index contributed by atoms with van der Waals surface area (Å²) in [6, 6.07) is 4.66. The average Bonchev–Trinajstić information content (AvgIpc) is 2.39. The largest absolute Gasteiger partial charge is 0.475 e. The summed E-state index contributed by atoms with van der Waals surface area (Å²) in [5.41, 5.74) is -0.629. The normalized spacial score (nSPS) is 11.4. The molecule has 0 fully saturated rings. The molecule has 7 heteroatoms. The summed E-state index contributed by atoms with van der Waals surface area (Å²) in [6.45, 7) is 5.10. The van der Waals surface area contributed by atoms with E-state index in [1.165, 1.54) is 12.1 Å². The van der Waals surface area contributed by atoms with Gasteiger partial charge in [-0.1, -0.05) is 17.7 Å². The van der Waals surface area contributed by atoms with Crippen molar-refractivity contribution >= 4 is 23.6 Å². The maximum Gasteiger partial charge on any atom is 0.349 e. The summed E-state index contributed by atoms with van der Waals surface area (Å²) in [4.78, 5) is 21.4. The van der Waals surface area contributed by atoms with Crippen LogP contribution in [0.3, 0.4) is 0 Å². The SMILES string of the molecule is CCOC(=O)C(C)(C)Oc1ccc(/C=C/[N+](=O)[O-])cc1Cl. The molecule has 0 aliphatic heterocycles. The molecule has 1 aromatic carbocycles. The van der Waals surface area contributed by atoms with Gasteiger partial charge in [-0.15, -0.1) is 0 Å². The Labute approximate surface area is 127 Å². The van der Waals surface area contributed by atoms with Crippen molar-refractivity contribution in [2.45, 2.75) is 26.4 Å². The van der Waals surface area contributed by atoms with Crippen molar-refractivity contribution in [3.8, 4) is 5.75 Å². The number of halogens is 1. The summed E-state index contributed by atoms with van der Waals surface area (Å²) in [6.07, 6.45) is 2.13. The molecule has 0 amide bonds. The van der Waals surface area contributed by atoms with Crippen LogP contribution in [0.2, 0.25) is 5.02 Å². The Morgan fingerprint density at radius 3 is 2.67 bits per heavy atom. The van der Waals surface area contributed by atoms with Gasteiger partial charge in [-0.05, 0) is 38.5 Å². The Morgan fingerprint density at radius 1 is 1.48 bits per heavy atom. The molecule has 0 atom stereocenters. The zero-order valence-corrected chi connectivity index (χ0v) is 12.7. The first-order chi connectivity index (χ1) is 9.76. The molecule has 114 valence electrons. The third-order valence-electron chi connectivity index (χ3n) is 2.48. The van der Waals surface area contributed by atoms with Crippen molar-refractivity contribution in [3.05, 3.63) is 45.1 Å². The van der Waals surface area contributed by atoms with Crippen LogP contribution in [0.1, 0.15) is 26.3 Å². The molecular weight excluding hydrogens is 298 g/mol. The Balaban J connectivity index is 2.90. The minimum Gasteiger partial charge on any atom is -0.475 e. The van der Waals surface area contributed by atoms with Crippen LogP contribution in [0.15, 0.2) is 24.4 Å². The van der Waals surface area contributed by atoms with Crippen LogP contribution in [0.5, 0.6) is 5.75 Å². The van der Waals surface area contributed by atoms with Crippen LogP contribution in [0.25, 0.3) is 6.08 Å². The van der Waals surface area contributed by atoms with E-state index in [9.17, 15) is 14.9 Å². The van der Waals surface area contributed by atoms with Crippen molar-refractivity contribution in [2.24, 2.45) is 0 Å². The van der Waals surface area contributed by atoms with Gasteiger partial charge in [0, 0.05) is 6.08 Å². The number of carbonyl (C=O) groups excluding carboxylic acids is 1. The van der Waals surface area contributed by atoms with E-state index in [0.717, 1.165) is 6.20 Å². The van der Waals surface area contributed by atoms with E-state index in [0.29, 0.717) is 11.3 Å². The molecule has 0 radical (unpaired) electrons. The van der Waals surface area contributed by atoms with E-state index in [1.54, 1.807) is 32.9 Å². The second kappa shape index (κ2) is 7.08. The number of hydrogen-bond donors (Lipinski definition) is 0. The van der Waals surface area contributed by atoms with Gasteiger partial charge in [-0.2, -0.15) is 0 Å². The van der Waals surface area contributed by atoms with Crippen molar-refractivity contribution in [2.75, 3.05) is 6.61 Å². The fourth-order valence-electron chi connectivity index (χ4n) is 1.47. The van der Waals surface area contributed by atoms with Crippen molar-refractivity contribution < 1.29 is 19.2 Å². The summed E-state index contributed by atoms with van der Waals surface area (Å²) >= 11 is 6.05. The number of nitro groups is 1. The highest BCUT2D eigenvalue weighted by molar-refractivity contribution is 6.32. The minimum absolute atomic E-state index is 0.248. The molecule has 0 N–H and O–H groups in total. The van der Waals surface area contributed by atoms with E-state index in [1.807, 2.05) is 0 Å². The van der Waals surface area contributed by atoms with Crippen molar-refractivity contribution in [3.63, 3.8) is 0 Å². The van der Waals surface area contributed by atoms with E-state index in [2.05, 4.69) is 0 Å². The highest BCUT2D eigenvalue weighted by atomic mass is 35.5. The summed E-state index contributed by atoms with van der Waals surface area (Å²) in [5, 5.41) is 10.5. The number of nitrogens with zero attached hydrogens (tertiary/aromatic N) is 1. The van der Waals surface area contributed by atoms with Gasteiger partial charge in [0.2, 0.25) is 6.20 Å². The zero-order valence-electron chi connectivity index (χ0n) is 12.0. The second-order valence-electron chi connectivity index (χ2n) is 4.62. The molecule has 0 unspecified atom stereocenters. The monoisotopic (exact) mass is 313 g/mol. The predicted octanol–water partition coefficient (Wildman–Crippen LogP) is 3.31. The topological polar surface area (TPSA) is 78.7 Å². The van der Waals surface area contributed by atoms with Crippen LogP contribution in [-0.2, 0) is 9.53 Å². The van der Waals surface area contributed by atoms with Gasteiger partial charge >= 0.3 is 5.97 Å². The average molecular weight is 314 g/mol. The van der Waals surface area contributed by atoms with E-state index >= 15 is 0 Å². The molecular formula is C14H16ClNO5. The van der Waals surface area contributed by atoms with Crippen LogP contribution < -0.4 is 4.74 Å². The van der Waals surface area contributed by atoms with Crippen molar-refractivity contribution in [1.82, 2.24) is 0 Å². The fraction of sp³-hybridized carbons (Fsp3) is 0.357. The number of ether oxygens (including phenoxy) is 2. The molecule has 0 aromatic heterocycles. The smallest absolute Gasteiger partial charge is 0.349 e. The van der Waals surface area contributed by atoms with Crippen LogP contribution >= 0.6 is 11.6 Å². The van der Waals surface area contributed by atoms with E-state index in [4.69, 9.17) is 21.1 Å². The molecule has 0 aliphatic carbocycles. The maximum atomic E-state index is 11.7. The van der Waals surface area contributed by atoms with Crippen LogP contribution in [0.4, 0.5) is 0 Å². The molecule has 0 heterocycles. The van der Waals surface area contributed by atoms with Gasteiger partial charge in [0.1, 0.15) is 5.75 Å². The maximum absolute atomic E-state index is 11.7. The number of esters is 1. The van der Waals surface area contributed by atoms with Crippen LogP contribution in [-0.4, -0.2) is 23.1 Å². The molecule has 0 saturated carbocycles. The standard InChI is InChI=1S/C14H16ClNO5/c1-4-20-13(17)14(2,3)21-12-6-5-10(9-11(12)15)7-8-16(18)19/h5-9H,4H2,1-3H3/b8-7+. The Hall–Kier alpha value is -2.08. The first-order valence-corrected chi connectivity index (χ1v) is 6.61. The van der Waals surface area contributed by atoms with Gasteiger partial charge in [0.15, 0.2) is 5.60 Å². The molecule has 1 aromatic rings. The lowest BCUT2D eigenvalue weighted by atomic mass is 10.1. The van der Waals surface area contributed by atoms with Gasteiger partial charge in [0.25, 0.3) is 0 Å². The Kier molecular flexibility index (Phi) is 5.72. The van der Waals surface area contributed by atoms with Gasteiger partial charge in [-0.25, -0.2) is 4.79 Å². The van der Waals surface area contributed by atoms with Crippen LogP contribution in [0, 0.1) is 10.1 Å². The Morgan fingerprint density at radius 2 is 2.14 bits per heavy atom. The molecule has 6 nitrogen and oxygen atoms in total. The third-order valence-corrected chi connectivity index (χ3v) is 2.77. The van der Waals surface area contributed by atoms with Gasteiger partial charge < -0.3 is 9.47 Å². The van der Waals surface area contributed by atoms with Gasteiger partial charge in [0.05, 0.1) is 16.6 Å². The number of benzene rings is 1. The number of hydrogen-bond acceptors (Lipinski definition) is 5. The minimum atomic E-state index is -1.18. The molecule has 1 rings (SSSR count). The fourth-order valence-corrected chi connectivity index (χ4v) is 1.70. The predicted molar refractivity (Wildman–Crippen MR) is 78.8 cm³/mol. The van der Waals surface area contributed by atoms with Crippen molar-refractivity contribution in [1.29, 1.82) is 0 Å². The summed E-state index contributed by atoms with van der Waals surface area (Å²) in [7, 11) is 0. The lowest BCUT2D eigenvalue weighted by Crippen LogP contribution is -2.39. The molecule has 0 spiro atoms. The van der Waals surface area contributed by atoms with E-state index in [-0.39, 0.29) is 11.6 Å². The highest BCUT2D eigenvalue weighted by Crippen LogP contribution is 2.29. The number of rotatable bonds is 6. The molecule has 21 heavy (non-hydrogen) atoms. The molecule has 0 bridgehead atoms. The zero-order chi connectivity index (χ0) is 16.0. The lowest BCUT2D eigenvalue weighted by molar-refractivity contribution is -0.400. The van der Waals surface area contributed by atoms with E-state index < -0.39 is 16.5 Å². The Bertz CT molecular complexity index is 568. The quantitative estimate of drug-likeness (QED) is 0.457. The third kappa shape index (κ3) is 5.07. The number of carbonyl (C=O) groups is 1. The summed E-state index contributed by atoms with van der Waals surface area (Å²) in [5.74, 6) is -0.202. The highest BCUT2D eigenvalue weighted by Gasteiger charge is 2.32. The lowest BCUT2D eigenvalue weighted by Gasteiger charge is -2.24. The first-order valence-electron chi connectivity index (χ1n) is 6.23. The van der Waals surface area contributed by atoms with Gasteiger partial charge in [-0.3, -0.25) is 10.1 Å². The first kappa shape index (κ1) is 17.0. The molecule has 0 saturated heterocycles. The second-order valence-corrected chi connectivity index (χ2v) is 5.03. The summed E-state index contributed by atoms with van der Waals surface area (Å²) < 4.78 is 10.5.